The maximum atomic E-state index is 13.0. The van der Waals surface area contributed by atoms with Gasteiger partial charge in [-0.15, -0.1) is 0 Å². The zero-order valence-corrected chi connectivity index (χ0v) is 13.5. The fourth-order valence-corrected chi connectivity index (χ4v) is 2.58. The highest BCUT2D eigenvalue weighted by atomic mass is 19.4. The SMILES string of the molecule is CCOC(=O)C1=C(C)OC(N)=C(C#N)[C@@H]1c1cccc(C(F)(F)F)c1. The van der Waals surface area contributed by atoms with Gasteiger partial charge in [-0.3, -0.25) is 0 Å². The maximum Gasteiger partial charge on any atom is 0.416 e. The summed E-state index contributed by atoms with van der Waals surface area (Å²) < 4.78 is 49.2. The molecule has 1 atom stereocenters. The van der Waals surface area contributed by atoms with E-state index in [-0.39, 0.29) is 35.0 Å². The number of esters is 1. The first-order chi connectivity index (χ1) is 11.7. The third-order valence-corrected chi connectivity index (χ3v) is 3.65. The number of hydrogen-bond acceptors (Lipinski definition) is 5. The predicted molar refractivity (Wildman–Crippen MR) is 81.4 cm³/mol. The van der Waals surface area contributed by atoms with Crippen LogP contribution in [-0.4, -0.2) is 12.6 Å². The molecule has 0 aromatic heterocycles. The van der Waals surface area contributed by atoms with Crippen LogP contribution in [-0.2, 0) is 20.4 Å². The van der Waals surface area contributed by atoms with Crippen molar-refractivity contribution in [3.63, 3.8) is 0 Å². The van der Waals surface area contributed by atoms with Gasteiger partial charge in [0, 0.05) is 0 Å². The predicted octanol–water partition coefficient (Wildman–Crippen LogP) is 3.35. The molecule has 8 heteroatoms. The summed E-state index contributed by atoms with van der Waals surface area (Å²) in [4.78, 5) is 12.3. The first kappa shape index (κ1) is 18.4. The summed E-state index contributed by atoms with van der Waals surface area (Å²) in [5.74, 6) is -2.05. The Hall–Kier alpha value is -2.95. The molecular formula is C17H15F3N2O3. The van der Waals surface area contributed by atoms with Crippen LogP contribution in [0.2, 0.25) is 0 Å². The molecule has 0 bridgehead atoms. The van der Waals surface area contributed by atoms with Crippen molar-refractivity contribution in [3.8, 4) is 6.07 Å². The molecule has 1 aromatic carbocycles. The van der Waals surface area contributed by atoms with Crippen LogP contribution in [0.15, 0.2) is 47.1 Å². The molecule has 0 saturated heterocycles. The number of nitrogens with two attached hydrogens (primary N) is 1. The minimum absolute atomic E-state index is 0.0491. The third kappa shape index (κ3) is 3.60. The van der Waals surface area contributed by atoms with Crippen molar-refractivity contribution in [2.45, 2.75) is 25.9 Å². The van der Waals surface area contributed by atoms with E-state index in [1.807, 2.05) is 6.07 Å². The van der Waals surface area contributed by atoms with Crippen molar-refractivity contribution in [2.75, 3.05) is 6.61 Å². The van der Waals surface area contributed by atoms with Crippen LogP contribution >= 0.6 is 0 Å². The lowest BCUT2D eigenvalue weighted by Crippen LogP contribution is -2.25. The van der Waals surface area contributed by atoms with E-state index in [2.05, 4.69) is 0 Å². The van der Waals surface area contributed by atoms with Crippen LogP contribution in [0.25, 0.3) is 0 Å². The number of ether oxygens (including phenoxy) is 2. The van der Waals surface area contributed by atoms with Crippen molar-refractivity contribution in [3.05, 3.63) is 58.2 Å². The van der Waals surface area contributed by atoms with Crippen molar-refractivity contribution < 1.29 is 27.4 Å². The Morgan fingerprint density at radius 3 is 2.68 bits per heavy atom. The largest absolute Gasteiger partial charge is 0.463 e. The quantitative estimate of drug-likeness (QED) is 0.843. The summed E-state index contributed by atoms with van der Waals surface area (Å²) in [6.45, 7) is 3.09. The second kappa shape index (κ2) is 6.89. The van der Waals surface area contributed by atoms with Gasteiger partial charge in [0.15, 0.2) is 0 Å². The van der Waals surface area contributed by atoms with Crippen LogP contribution in [0, 0.1) is 11.3 Å². The molecule has 0 aliphatic carbocycles. The van der Waals surface area contributed by atoms with Gasteiger partial charge in [0.1, 0.15) is 17.4 Å². The fourth-order valence-electron chi connectivity index (χ4n) is 2.58. The number of benzene rings is 1. The number of carbonyl (C=O) groups excluding carboxylic acids is 1. The monoisotopic (exact) mass is 352 g/mol. The van der Waals surface area contributed by atoms with Gasteiger partial charge in [0.2, 0.25) is 5.88 Å². The van der Waals surface area contributed by atoms with Crippen LogP contribution in [0.4, 0.5) is 13.2 Å². The molecule has 0 unspecified atom stereocenters. The smallest absolute Gasteiger partial charge is 0.416 e. The Bertz CT molecular complexity index is 804. The van der Waals surface area contributed by atoms with Crippen molar-refractivity contribution >= 4 is 5.97 Å². The Labute approximate surface area is 142 Å². The molecule has 1 aromatic rings. The minimum Gasteiger partial charge on any atom is -0.463 e. The highest BCUT2D eigenvalue weighted by Crippen LogP contribution is 2.41. The molecule has 5 nitrogen and oxygen atoms in total. The van der Waals surface area contributed by atoms with E-state index < -0.39 is 23.6 Å². The van der Waals surface area contributed by atoms with E-state index in [0.717, 1.165) is 12.1 Å². The molecule has 0 amide bonds. The standard InChI is InChI=1S/C17H15F3N2O3/c1-3-24-16(23)13-9(2)25-15(22)12(8-21)14(13)10-5-4-6-11(7-10)17(18,19)20/h4-7,14H,3,22H2,1-2H3/t14-/m0/s1. The van der Waals surface area contributed by atoms with Crippen molar-refractivity contribution in [1.82, 2.24) is 0 Å². The Balaban J connectivity index is 2.65. The van der Waals surface area contributed by atoms with Crippen molar-refractivity contribution in [2.24, 2.45) is 5.73 Å². The van der Waals surface area contributed by atoms with E-state index >= 15 is 0 Å². The Kier molecular flexibility index (Phi) is 5.07. The minimum atomic E-state index is -4.56. The van der Waals surface area contributed by atoms with E-state index in [1.54, 1.807) is 6.92 Å². The average Bonchev–Trinajstić information content (AvgIpc) is 2.53. The number of alkyl halides is 3. The molecule has 132 valence electrons. The normalized spacial score (nSPS) is 17.8. The zero-order chi connectivity index (χ0) is 18.8. The highest BCUT2D eigenvalue weighted by Gasteiger charge is 2.38. The van der Waals surface area contributed by atoms with Crippen LogP contribution in [0.1, 0.15) is 30.9 Å². The summed E-state index contributed by atoms with van der Waals surface area (Å²) >= 11 is 0. The molecule has 25 heavy (non-hydrogen) atoms. The van der Waals surface area contributed by atoms with Crippen LogP contribution in [0.5, 0.6) is 0 Å². The van der Waals surface area contributed by atoms with Gasteiger partial charge in [-0.05, 0) is 25.5 Å². The van der Waals surface area contributed by atoms with E-state index in [9.17, 15) is 23.2 Å². The first-order valence-corrected chi connectivity index (χ1v) is 7.33. The third-order valence-electron chi connectivity index (χ3n) is 3.65. The molecule has 2 rings (SSSR count). The number of rotatable bonds is 3. The molecule has 0 fully saturated rings. The maximum absolute atomic E-state index is 13.0. The van der Waals surface area contributed by atoms with Gasteiger partial charge in [-0.1, -0.05) is 18.2 Å². The van der Waals surface area contributed by atoms with Gasteiger partial charge in [-0.2, -0.15) is 18.4 Å². The summed E-state index contributed by atoms with van der Waals surface area (Å²) in [5, 5.41) is 9.37. The van der Waals surface area contributed by atoms with Gasteiger partial charge < -0.3 is 15.2 Å². The number of carbonyl (C=O) groups is 1. The molecule has 0 radical (unpaired) electrons. The van der Waals surface area contributed by atoms with Crippen molar-refractivity contribution in [1.29, 1.82) is 5.26 Å². The Morgan fingerprint density at radius 2 is 2.12 bits per heavy atom. The van der Waals surface area contributed by atoms with Gasteiger partial charge >= 0.3 is 12.1 Å². The average molecular weight is 352 g/mol. The summed E-state index contributed by atoms with van der Waals surface area (Å²) in [7, 11) is 0. The highest BCUT2D eigenvalue weighted by molar-refractivity contribution is 5.92. The lowest BCUT2D eigenvalue weighted by molar-refractivity contribution is -0.139. The molecule has 1 aliphatic rings. The molecule has 2 N–H and O–H groups in total. The molecule has 1 heterocycles. The molecule has 0 spiro atoms. The summed E-state index contributed by atoms with van der Waals surface area (Å²) in [6, 6.07) is 6.20. The number of nitrogens with zero attached hydrogens (tertiary/aromatic N) is 1. The topological polar surface area (TPSA) is 85.3 Å². The number of halogens is 3. The lowest BCUT2D eigenvalue weighted by Gasteiger charge is -2.27. The van der Waals surface area contributed by atoms with E-state index in [4.69, 9.17) is 15.2 Å². The van der Waals surface area contributed by atoms with Gasteiger partial charge in [0.05, 0.1) is 23.7 Å². The van der Waals surface area contributed by atoms with E-state index in [0.29, 0.717) is 0 Å². The zero-order valence-electron chi connectivity index (χ0n) is 13.5. The Morgan fingerprint density at radius 1 is 1.44 bits per heavy atom. The lowest BCUT2D eigenvalue weighted by atomic mass is 9.82. The van der Waals surface area contributed by atoms with Gasteiger partial charge in [-0.25, -0.2) is 4.79 Å². The fraction of sp³-hybridized carbons (Fsp3) is 0.294. The van der Waals surface area contributed by atoms with E-state index in [1.165, 1.54) is 19.1 Å². The number of allylic oxidation sites excluding steroid dienone is 2. The summed E-state index contributed by atoms with van der Waals surface area (Å²) in [6.07, 6.45) is -4.56. The van der Waals surface area contributed by atoms with Gasteiger partial charge in [0.25, 0.3) is 0 Å². The molecular weight excluding hydrogens is 337 g/mol. The second-order valence-electron chi connectivity index (χ2n) is 5.24. The molecule has 1 aliphatic heterocycles. The number of nitriles is 1. The second-order valence-corrected chi connectivity index (χ2v) is 5.24. The van der Waals surface area contributed by atoms with Crippen LogP contribution < -0.4 is 5.73 Å². The number of hydrogen-bond donors (Lipinski definition) is 1. The van der Waals surface area contributed by atoms with Crippen LogP contribution in [0.3, 0.4) is 0 Å². The summed E-state index contributed by atoms with van der Waals surface area (Å²) in [5.41, 5.74) is 4.70. The molecule has 0 saturated carbocycles. The first-order valence-electron chi connectivity index (χ1n) is 7.33.